The lowest BCUT2D eigenvalue weighted by atomic mass is 10.1. The molecule has 1 heterocycles. The second kappa shape index (κ2) is 9.76. The Balaban J connectivity index is 1.46. The minimum absolute atomic E-state index is 0.120. The molecule has 3 aromatic rings. The summed E-state index contributed by atoms with van der Waals surface area (Å²) in [4.78, 5) is 23.7. The van der Waals surface area contributed by atoms with Crippen molar-refractivity contribution in [1.29, 1.82) is 0 Å². The zero-order chi connectivity index (χ0) is 21.5. The summed E-state index contributed by atoms with van der Waals surface area (Å²) in [6.45, 7) is 3.56. The molecule has 0 aliphatic heterocycles. The number of hydrogen-bond donors (Lipinski definition) is 1. The predicted molar refractivity (Wildman–Crippen MR) is 112 cm³/mol. The van der Waals surface area contributed by atoms with E-state index >= 15 is 0 Å². The molecule has 1 aromatic heterocycles. The Morgan fingerprint density at radius 2 is 1.80 bits per heavy atom. The first-order chi connectivity index (χ1) is 14.4. The Bertz CT molecular complexity index is 1040. The zero-order valence-electron chi connectivity index (χ0n) is 16.3. The maximum absolute atomic E-state index is 11.9. The van der Waals surface area contributed by atoms with E-state index in [-0.39, 0.29) is 12.4 Å². The monoisotopic (exact) mass is 426 g/mol. The lowest BCUT2D eigenvalue weighted by Crippen LogP contribution is -2.24. The number of ether oxygens (including phenoxy) is 2. The van der Waals surface area contributed by atoms with Crippen LogP contribution >= 0.6 is 11.6 Å². The molecule has 1 N–H and O–H groups in total. The van der Waals surface area contributed by atoms with E-state index in [0.717, 1.165) is 11.1 Å². The van der Waals surface area contributed by atoms with E-state index in [0.29, 0.717) is 22.1 Å². The van der Waals surface area contributed by atoms with Gasteiger partial charge in [0.2, 0.25) is 5.76 Å². The largest absolute Gasteiger partial charge is 0.484 e. The molecule has 0 saturated heterocycles. The molecule has 0 fully saturated rings. The second-order valence-electron chi connectivity index (χ2n) is 6.39. The van der Waals surface area contributed by atoms with Crippen molar-refractivity contribution in [2.75, 3.05) is 6.61 Å². The summed E-state index contributed by atoms with van der Waals surface area (Å²) >= 11 is 6.11. The molecule has 0 aliphatic rings. The molecule has 1 amide bonds. The van der Waals surface area contributed by atoms with Gasteiger partial charge in [-0.05, 0) is 79.1 Å². The Hall–Kier alpha value is -3.58. The summed E-state index contributed by atoms with van der Waals surface area (Å²) < 4.78 is 15.6. The summed E-state index contributed by atoms with van der Waals surface area (Å²) in [5, 5.41) is 4.56. The average Bonchev–Trinajstić information content (AvgIpc) is 3.27. The Kier molecular flexibility index (Phi) is 6.87. The lowest BCUT2D eigenvalue weighted by Gasteiger charge is -2.09. The van der Waals surface area contributed by atoms with Crippen molar-refractivity contribution in [3.05, 3.63) is 82.3 Å². The van der Waals surface area contributed by atoms with Crippen molar-refractivity contribution in [2.24, 2.45) is 5.10 Å². The Labute approximate surface area is 178 Å². The van der Waals surface area contributed by atoms with Crippen LogP contribution in [-0.2, 0) is 4.79 Å². The minimum Gasteiger partial charge on any atom is -0.484 e. The van der Waals surface area contributed by atoms with Crippen molar-refractivity contribution < 1.29 is 23.5 Å². The van der Waals surface area contributed by atoms with E-state index in [1.54, 1.807) is 42.5 Å². The molecule has 0 bridgehead atoms. The Morgan fingerprint density at radius 1 is 1.10 bits per heavy atom. The van der Waals surface area contributed by atoms with Crippen LogP contribution in [0.15, 0.2) is 64.3 Å². The molecule has 7 nitrogen and oxygen atoms in total. The number of nitrogens with zero attached hydrogens (tertiary/aromatic N) is 1. The fraction of sp³-hybridized carbons (Fsp3) is 0.136. The van der Waals surface area contributed by atoms with Crippen molar-refractivity contribution in [2.45, 2.75) is 13.8 Å². The van der Waals surface area contributed by atoms with Crippen molar-refractivity contribution in [3.63, 3.8) is 0 Å². The van der Waals surface area contributed by atoms with E-state index in [9.17, 15) is 9.59 Å². The minimum atomic E-state index is -0.584. The third-order valence-electron chi connectivity index (χ3n) is 4.00. The van der Waals surface area contributed by atoms with Crippen molar-refractivity contribution >= 4 is 29.7 Å². The third-order valence-corrected chi connectivity index (χ3v) is 4.59. The van der Waals surface area contributed by atoms with Gasteiger partial charge >= 0.3 is 5.97 Å². The number of furan rings is 1. The van der Waals surface area contributed by atoms with E-state index in [1.165, 1.54) is 18.5 Å². The molecule has 0 radical (unpaired) electrons. The van der Waals surface area contributed by atoms with Crippen LogP contribution in [0.3, 0.4) is 0 Å². The van der Waals surface area contributed by atoms with Gasteiger partial charge in [0.15, 0.2) is 6.61 Å². The van der Waals surface area contributed by atoms with Gasteiger partial charge in [0.05, 0.1) is 12.5 Å². The SMILES string of the molecule is Cc1cc(OCC(=O)N/N=C/c2ccc(OC(=O)c3ccco3)cc2)cc(C)c1Cl. The smallest absolute Gasteiger partial charge is 0.379 e. The first-order valence-corrected chi connectivity index (χ1v) is 9.37. The predicted octanol–water partition coefficient (Wildman–Crippen LogP) is 4.30. The maximum Gasteiger partial charge on any atom is 0.379 e. The first-order valence-electron chi connectivity index (χ1n) is 8.99. The normalized spacial score (nSPS) is 10.8. The molecule has 2 aromatic carbocycles. The summed E-state index contributed by atoms with van der Waals surface area (Å²) in [6.07, 6.45) is 2.86. The number of carbonyl (C=O) groups is 2. The average molecular weight is 427 g/mol. The molecular formula is C22H19ClN2O5. The molecule has 0 aliphatic carbocycles. The number of rotatable bonds is 7. The van der Waals surface area contributed by atoms with Crippen LogP contribution in [0.4, 0.5) is 0 Å². The number of benzene rings is 2. The van der Waals surface area contributed by atoms with E-state index in [4.69, 9.17) is 25.5 Å². The first kappa shape index (κ1) is 21.1. The summed E-state index contributed by atoms with van der Waals surface area (Å²) in [5.74, 6) is 0.0579. The topological polar surface area (TPSA) is 90.1 Å². The van der Waals surface area contributed by atoms with Crippen LogP contribution in [0, 0.1) is 13.8 Å². The van der Waals surface area contributed by atoms with Gasteiger partial charge in [-0.15, -0.1) is 0 Å². The summed E-state index contributed by atoms with van der Waals surface area (Å²) in [5.41, 5.74) is 4.85. The van der Waals surface area contributed by atoms with Crippen LogP contribution in [-0.4, -0.2) is 24.7 Å². The number of hydrogen-bond acceptors (Lipinski definition) is 6. The molecule has 8 heteroatoms. The van der Waals surface area contributed by atoms with Crippen LogP contribution in [0.25, 0.3) is 0 Å². The van der Waals surface area contributed by atoms with Gasteiger partial charge in [-0.3, -0.25) is 4.79 Å². The standard InChI is InChI=1S/C22H19ClN2O5/c1-14-10-18(11-15(2)21(14)23)29-13-20(26)25-24-12-16-5-7-17(8-6-16)30-22(27)19-4-3-9-28-19/h3-12H,13H2,1-2H3,(H,25,26)/b24-12+. The molecular weight excluding hydrogens is 408 g/mol. The van der Waals surface area contributed by atoms with E-state index in [2.05, 4.69) is 10.5 Å². The number of hydrazone groups is 1. The third kappa shape index (κ3) is 5.71. The number of esters is 1. The van der Waals surface area contributed by atoms with Gasteiger partial charge in [-0.25, -0.2) is 10.2 Å². The highest BCUT2D eigenvalue weighted by Crippen LogP contribution is 2.25. The van der Waals surface area contributed by atoms with Crippen LogP contribution in [0.5, 0.6) is 11.5 Å². The van der Waals surface area contributed by atoms with Gasteiger partial charge in [0, 0.05) is 5.02 Å². The number of nitrogens with one attached hydrogen (secondary N) is 1. The van der Waals surface area contributed by atoms with Crippen LogP contribution < -0.4 is 14.9 Å². The zero-order valence-corrected chi connectivity index (χ0v) is 17.1. The van der Waals surface area contributed by atoms with Gasteiger partial charge in [0.1, 0.15) is 11.5 Å². The highest BCUT2D eigenvalue weighted by Gasteiger charge is 2.11. The van der Waals surface area contributed by atoms with Gasteiger partial charge in [0.25, 0.3) is 5.91 Å². The molecule has 0 spiro atoms. The molecule has 0 atom stereocenters. The second-order valence-corrected chi connectivity index (χ2v) is 6.77. The summed E-state index contributed by atoms with van der Waals surface area (Å²) in [7, 11) is 0. The van der Waals surface area contributed by atoms with E-state index < -0.39 is 11.9 Å². The summed E-state index contributed by atoms with van der Waals surface area (Å²) in [6, 6.07) is 13.3. The Morgan fingerprint density at radius 3 is 2.43 bits per heavy atom. The van der Waals surface area contributed by atoms with Gasteiger partial charge in [-0.1, -0.05) is 11.6 Å². The lowest BCUT2D eigenvalue weighted by molar-refractivity contribution is -0.123. The van der Waals surface area contributed by atoms with Crippen molar-refractivity contribution in [3.8, 4) is 11.5 Å². The molecule has 0 saturated carbocycles. The quantitative estimate of drug-likeness (QED) is 0.263. The molecule has 154 valence electrons. The van der Waals surface area contributed by atoms with E-state index in [1.807, 2.05) is 13.8 Å². The number of halogens is 1. The van der Waals surface area contributed by atoms with Crippen molar-refractivity contribution in [1.82, 2.24) is 5.43 Å². The fourth-order valence-electron chi connectivity index (χ4n) is 2.52. The number of aryl methyl sites for hydroxylation is 2. The molecule has 0 unspecified atom stereocenters. The fourth-order valence-corrected chi connectivity index (χ4v) is 2.63. The van der Waals surface area contributed by atoms with Crippen LogP contribution in [0.1, 0.15) is 27.2 Å². The maximum atomic E-state index is 11.9. The highest BCUT2D eigenvalue weighted by molar-refractivity contribution is 6.32. The number of amides is 1. The van der Waals surface area contributed by atoms with Gasteiger partial charge in [-0.2, -0.15) is 5.10 Å². The molecule has 3 rings (SSSR count). The van der Waals surface area contributed by atoms with Gasteiger partial charge < -0.3 is 13.9 Å². The van der Waals surface area contributed by atoms with Crippen LogP contribution in [0.2, 0.25) is 5.02 Å². The highest BCUT2D eigenvalue weighted by atomic mass is 35.5. The molecule has 30 heavy (non-hydrogen) atoms. The number of carbonyl (C=O) groups excluding carboxylic acids is 2.